The minimum Gasteiger partial charge on any atom is -0.459 e. The van der Waals surface area contributed by atoms with Gasteiger partial charge in [0.05, 0.1) is 13.0 Å². The number of primary amides is 1. The second kappa shape index (κ2) is 10.4. The molecule has 0 aromatic heterocycles. The Hall–Kier alpha value is -1.78. The highest BCUT2D eigenvalue weighted by Crippen LogP contribution is 2.42. The van der Waals surface area contributed by atoms with Gasteiger partial charge in [0.15, 0.2) is 0 Å². The van der Waals surface area contributed by atoms with Crippen molar-refractivity contribution < 1.29 is 42.4 Å². The Morgan fingerprint density at radius 1 is 1.38 bits per heavy atom. The van der Waals surface area contributed by atoms with E-state index in [0.717, 1.165) is 13.2 Å². The third-order valence-corrected chi connectivity index (χ3v) is 4.26. The summed E-state index contributed by atoms with van der Waals surface area (Å²) in [6, 6.07) is 0. The first-order chi connectivity index (χ1) is 12.1. The van der Waals surface area contributed by atoms with Crippen molar-refractivity contribution in [3.8, 4) is 0 Å². The first-order valence-corrected chi connectivity index (χ1v) is 9.22. The summed E-state index contributed by atoms with van der Waals surface area (Å²) in [5, 5.41) is 2.74. The first-order valence-electron chi connectivity index (χ1n) is 7.72. The molecule has 1 heterocycles. The molecule has 0 saturated carbocycles. The molecule has 1 rings (SSSR count). The van der Waals surface area contributed by atoms with Crippen molar-refractivity contribution in [2.24, 2.45) is 5.73 Å². The molecule has 11 nitrogen and oxygen atoms in total. The number of nitrogens with one attached hydrogen (secondary N) is 1. The quantitative estimate of drug-likeness (QED) is 0.241. The summed E-state index contributed by atoms with van der Waals surface area (Å²) in [4.78, 5) is 42.7. The molecule has 148 valence electrons. The van der Waals surface area contributed by atoms with E-state index in [0.29, 0.717) is 0 Å². The standard InChI is InChI=1S/C14H23N2O9P/c1-9(17)3-4-14(19)25-10-7-13(16-6-5-12(15)18)24-11(10)8-23-26(20,21)22-2/h5-6,10-11,13,16H,3-4,7-8H2,1-2H3,(H2,15,18)(H,20,21)/b6-5-/t10?,11-,13-/m1/s1. The van der Waals surface area contributed by atoms with Gasteiger partial charge < -0.3 is 30.2 Å². The molecule has 2 unspecified atom stereocenters. The van der Waals surface area contributed by atoms with Crippen LogP contribution < -0.4 is 11.1 Å². The Balaban J connectivity index is 2.66. The number of ether oxygens (including phenoxy) is 2. The van der Waals surface area contributed by atoms with Gasteiger partial charge in [0.1, 0.15) is 24.2 Å². The topological polar surface area (TPSA) is 163 Å². The number of ketones is 1. The fourth-order valence-corrected chi connectivity index (χ4v) is 2.50. The van der Waals surface area contributed by atoms with Crippen molar-refractivity contribution in [2.45, 2.75) is 44.6 Å². The van der Waals surface area contributed by atoms with Crippen LogP contribution in [0, 0.1) is 0 Å². The lowest BCUT2D eigenvalue weighted by molar-refractivity contribution is -0.153. The molecule has 4 atom stereocenters. The molecule has 0 radical (unpaired) electrons. The van der Waals surface area contributed by atoms with Crippen LogP contribution in [0.15, 0.2) is 12.3 Å². The van der Waals surface area contributed by atoms with Crippen LogP contribution in [0.5, 0.6) is 0 Å². The zero-order chi connectivity index (χ0) is 19.7. The van der Waals surface area contributed by atoms with Gasteiger partial charge in [-0.25, -0.2) is 4.57 Å². The molecule has 1 amide bonds. The minimum atomic E-state index is -4.23. The normalized spacial score (nSPS) is 25.0. The second-order valence-electron chi connectivity index (χ2n) is 5.48. The van der Waals surface area contributed by atoms with Crippen LogP contribution in [0.25, 0.3) is 0 Å². The van der Waals surface area contributed by atoms with Crippen molar-refractivity contribution in [1.29, 1.82) is 0 Å². The Bertz CT molecular complexity index is 595. The number of amides is 1. The minimum absolute atomic E-state index is 0.0477. The summed E-state index contributed by atoms with van der Waals surface area (Å²) in [5.41, 5.74) is 4.97. The van der Waals surface area contributed by atoms with Gasteiger partial charge in [-0.05, 0) is 6.92 Å². The molecule has 1 saturated heterocycles. The zero-order valence-electron chi connectivity index (χ0n) is 14.5. The Kier molecular flexibility index (Phi) is 8.89. The van der Waals surface area contributed by atoms with Crippen molar-refractivity contribution >= 4 is 25.5 Å². The van der Waals surface area contributed by atoms with Crippen LogP contribution in [0.2, 0.25) is 0 Å². The fraction of sp³-hybridized carbons (Fsp3) is 0.643. The monoisotopic (exact) mass is 394 g/mol. The lowest BCUT2D eigenvalue weighted by Gasteiger charge is -2.19. The highest BCUT2D eigenvalue weighted by Gasteiger charge is 2.39. The average Bonchev–Trinajstić information content (AvgIpc) is 2.92. The van der Waals surface area contributed by atoms with Crippen LogP contribution >= 0.6 is 7.82 Å². The van der Waals surface area contributed by atoms with Crippen LogP contribution in [-0.2, 0) is 37.5 Å². The number of esters is 1. The largest absolute Gasteiger partial charge is 0.472 e. The first kappa shape index (κ1) is 22.3. The van der Waals surface area contributed by atoms with E-state index in [4.69, 9.17) is 19.7 Å². The van der Waals surface area contributed by atoms with Gasteiger partial charge in [0.25, 0.3) is 0 Å². The number of hydrogen-bond acceptors (Lipinski definition) is 9. The molecule has 0 bridgehead atoms. The summed E-state index contributed by atoms with van der Waals surface area (Å²) < 4.78 is 31.3. The number of Topliss-reactive ketones (excluding diaryl/α,β-unsaturated/α-hetero) is 1. The summed E-state index contributed by atoms with van der Waals surface area (Å²) in [5.74, 6) is -1.42. The maximum Gasteiger partial charge on any atom is 0.472 e. The number of phosphoric ester groups is 1. The molecule has 1 aliphatic heterocycles. The van der Waals surface area contributed by atoms with E-state index < -0.39 is 38.1 Å². The van der Waals surface area contributed by atoms with E-state index in [1.54, 1.807) is 0 Å². The number of phosphoric acid groups is 1. The molecule has 26 heavy (non-hydrogen) atoms. The molecule has 0 aromatic carbocycles. The Morgan fingerprint density at radius 3 is 2.65 bits per heavy atom. The van der Waals surface area contributed by atoms with Crippen LogP contribution in [0.3, 0.4) is 0 Å². The van der Waals surface area contributed by atoms with Gasteiger partial charge in [-0.3, -0.25) is 18.6 Å². The molecule has 0 aromatic rings. The predicted molar refractivity (Wildman–Crippen MR) is 87.3 cm³/mol. The number of carbonyl (C=O) groups excluding carboxylic acids is 3. The maximum absolute atomic E-state index is 11.8. The molecular weight excluding hydrogens is 371 g/mol. The van der Waals surface area contributed by atoms with E-state index in [-0.39, 0.29) is 31.7 Å². The smallest absolute Gasteiger partial charge is 0.459 e. The highest BCUT2D eigenvalue weighted by atomic mass is 31.2. The van der Waals surface area contributed by atoms with Crippen molar-refractivity contribution in [2.75, 3.05) is 13.7 Å². The third-order valence-electron chi connectivity index (χ3n) is 3.33. The van der Waals surface area contributed by atoms with Gasteiger partial charge >= 0.3 is 13.8 Å². The molecule has 1 fully saturated rings. The van der Waals surface area contributed by atoms with Crippen LogP contribution in [0.1, 0.15) is 26.2 Å². The van der Waals surface area contributed by atoms with E-state index >= 15 is 0 Å². The lowest BCUT2D eigenvalue weighted by Crippen LogP contribution is -2.31. The van der Waals surface area contributed by atoms with Gasteiger partial charge in [-0.1, -0.05) is 0 Å². The van der Waals surface area contributed by atoms with Gasteiger partial charge in [-0.15, -0.1) is 0 Å². The molecule has 12 heteroatoms. The third kappa shape index (κ3) is 8.54. The molecule has 0 spiro atoms. The fourth-order valence-electron chi connectivity index (χ4n) is 2.06. The summed E-state index contributed by atoms with van der Waals surface area (Å²) in [6.45, 7) is 0.987. The number of carbonyl (C=O) groups is 3. The van der Waals surface area contributed by atoms with E-state index in [9.17, 15) is 23.8 Å². The molecular formula is C14H23N2O9P. The van der Waals surface area contributed by atoms with E-state index in [2.05, 4.69) is 9.84 Å². The number of nitrogens with two attached hydrogens (primary N) is 1. The number of rotatable bonds is 11. The van der Waals surface area contributed by atoms with Gasteiger partial charge in [-0.2, -0.15) is 0 Å². The molecule has 1 aliphatic rings. The Morgan fingerprint density at radius 2 is 2.08 bits per heavy atom. The van der Waals surface area contributed by atoms with Crippen LogP contribution in [0.4, 0.5) is 0 Å². The lowest BCUT2D eigenvalue weighted by atomic mass is 10.2. The predicted octanol–water partition coefficient (Wildman–Crippen LogP) is -0.266. The van der Waals surface area contributed by atoms with Crippen molar-refractivity contribution in [1.82, 2.24) is 5.32 Å². The van der Waals surface area contributed by atoms with E-state index in [1.807, 2.05) is 0 Å². The highest BCUT2D eigenvalue weighted by molar-refractivity contribution is 7.47. The average molecular weight is 394 g/mol. The SMILES string of the molecule is COP(=O)(O)OC[C@H]1O[C@@H](N/C=C\C(N)=O)CC1OC(=O)CCC(C)=O. The van der Waals surface area contributed by atoms with Crippen molar-refractivity contribution in [3.63, 3.8) is 0 Å². The van der Waals surface area contributed by atoms with Gasteiger partial charge in [0.2, 0.25) is 5.91 Å². The number of hydrogen-bond donors (Lipinski definition) is 3. The zero-order valence-corrected chi connectivity index (χ0v) is 15.3. The van der Waals surface area contributed by atoms with Gasteiger partial charge in [0, 0.05) is 32.2 Å². The Labute approximate surface area is 150 Å². The van der Waals surface area contributed by atoms with Crippen molar-refractivity contribution in [3.05, 3.63) is 12.3 Å². The summed E-state index contributed by atoms with van der Waals surface area (Å²) in [7, 11) is -3.22. The summed E-state index contributed by atoms with van der Waals surface area (Å²) >= 11 is 0. The molecule has 4 N–H and O–H groups in total. The summed E-state index contributed by atoms with van der Waals surface area (Å²) in [6.07, 6.45) is 0.209. The van der Waals surface area contributed by atoms with E-state index in [1.165, 1.54) is 13.1 Å². The van der Waals surface area contributed by atoms with Crippen LogP contribution in [-0.4, -0.2) is 54.7 Å². The molecule has 0 aliphatic carbocycles. The second-order valence-corrected chi connectivity index (χ2v) is 7.04. The maximum atomic E-state index is 11.8.